The number of nitrogens with one attached hydrogen (secondary N) is 1. The molecule has 9 heteroatoms. The normalized spacial score (nSPS) is 17.5. The third kappa shape index (κ3) is 8.33. The number of likely N-dealkylation sites (tertiary alicyclic amines) is 1. The summed E-state index contributed by atoms with van der Waals surface area (Å²) in [6.45, 7) is 6.63. The van der Waals surface area contributed by atoms with E-state index in [1.807, 2.05) is 53.4 Å². The van der Waals surface area contributed by atoms with E-state index >= 15 is 0 Å². The van der Waals surface area contributed by atoms with Crippen molar-refractivity contribution < 1.29 is 19.1 Å². The molecule has 224 valence electrons. The van der Waals surface area contributed by atoms with Gasteiger partial charge in [-0.15, -0.1) is 0 Å². The van der Waals surface area contributed by atoms with E-state index in [1.54, 1.807) is 18.4 Å². The van der Waals surface area contributed by atoms with Crippen molar-refractivity contribution in [1.82, 2.24) is 20.0 Å². The van der Waals surface area contributed by atoms with E-state index in [0.717, 1.165) is 75.4 Å². The lowest BCUT2D eigenvalue weighted by molar-refractivity contribution is -0.137. The van der Waals surface area contributed by atoms with Crippen LogP contribution in [0.15, 0.2) is 71.4 Å². The molecule has 0 bridgehead atoms. The van der Waals surface area contributed by atoms with Crippen LogP contribution in [0.5, 0.6) is 5.75 Å². The molecular formula is C33H42N4O4S. The van der Waals surface area contributed by atoms with E-state index in [4.69, 9.17) is 9.47 Å². The van der Waals surface area contributed by atoms with E-state index in [2.05, 4.69) is 38.0 Å². The Hall–Kier alpha value is -3.40. The minimum Gasteiger partial charge on any atom is -0.496 e. The lowest BCUT2D eigenvalue weighted by atomic mass is 9.88. The lowest BCUT2D eigenvalue weighted by Gasteiger charge is -2.40. The molecule has 8 nitrogen and oxygen atoms in total. The zero-order valence-electron chi connectivity index (χ0n) is 24.5. The van der Waals surface area contributed by atoms with Gasteiger partial charge in [0.1, 0.15) is 18.4 Å². The number of carbonyl (C=O) groups is 2. The second-order valence-electron chi connectivity index (χ2n) is 11.2. The van der Waals surface area contributed by atoms with Gasteiger partial charge < -0.3 is 24.6 Å². The number of nitrogens with zero attached hydrogens (tertiary/aromatic N) is 3. The number of amides is 2. The van der Waals surface area contributed by atoms with Crippen LogP contribution in [0.3, 0.4) is 0 Å². The van der Waals surface area contributed by atoms with Crippen molar-refractivity contribution in [3.05, 3.63) is 88.1 Å². The molecule has 42 heavy (non-hydrogen) atoms. The van der Waals surface area contributed by atoms with Crippen LogP contribution >= 0.6 is 11.3 Å². The van der Waals surface area contributed by atoms with Gasteiger partial charge in [-0.2, -0.15) is 11.3 Å². The molecular weight excluding hydrogens is 548 g/mol. The summed E-state index contributed by atoms with van der Waals surface area (Å²) in [6, 6.07) is 19.3. The monoisotopic (exact) mass is 590 g/mol. The number of benzene rings is 2. The van der Waals surface area contributed by atoms with Crippen molar-refractivity contribution in [2.45, 2.75) is 38.5 Å². The standard InChI is InChI=1S/C33H42N4O4S/c1-40-30-10-6-5-9-29(30)23-36-18-20-37(21-19-36)32(38)31(34-33(39)41-24-26-7-3-2-4-8-26)28-12-16-35(17-13-28)15-11-27-14-22-42-25-27/h2-10,14,22,25,28,31H,11-13,15-21,23-24H2,1H3,(H,34,39)/t31-/m1/s1. The van der Waals surface area contributed by atoms with Gasteiger partial charge in [-0.05, 0) is 72.3 Å². The maximum atomic E-state index is 13.9. The van der Waals surface area contributed by atoms with Gasteiger partial charge in [0.15, 0.2) is 0 Å². The number of methoxy groups -OCH3 is 1. The minimum absolute atomic E-state index is 0.000302. The fourth-order valence-corrected chi connectivity index (χ4v) is 6.61. The molecule has 1 N–H and O–H groups in total. The highest BCUT2D eigenvalue weighted by atomic mass is 32.1. The average molecular weight is 591 g/mol. The quantitative estimate of drug-likeness (QED) is 0.351. The summed E-state index contributed by atoms with van der Waals surface area (Å²) >= 11 is 1.74. The molecule has 0 radical (unpaired) electrons. The van der Waals surface area contributed by atoms with Crippen molar-refractivity contribution in [2.24, 2.45) is 5.92 Å². The topological polar surface area (TPSA) is 74.3 Å². The Morgan fingerprint density at radius 3 is 2.36 bits per heavy atom. The summed E-state index contributed by atoms with van der Waals surface area (Å²) in [4.78, 5) is 33.6. The summed E-state index contributed by atoms with van der Waals surface area (Å²) in [5, 5.41) is 7.32. The van der Waals surface area contributed by atoms with Crippen LogP contribution in [0.1, 0.15) is 29.5 Å². The van der Waals surface area contributed by atoms with Crippen LogP contribution in [0, 0.1) is 5.92 Å². The SMILES string of the molecule is COc1ccccc1CN1CCN(C(=O)[C@H](NC(=O)OCc2ccccc2)C2CCN(CCc3ccsc3)CC2)CC1. The first-order valence-corrected chi connectivity index (χ1v) is 15.9. The number of rotatable bonds is 11. The molecule has 2 aliphatic rings. The first-order valence-electron chi connectivity index (χ1n) is 14.9. The van der Waals surface area contributed by atoms with Crippen LogP contribution in [-0.4, -0.2) is 85.7 Å². The second kappa shape index (κ2) is 15.2. The van der Waals surface area contributed by atoms with Crippen molar-refractivity contribution in [3.63, 3.8) is 0 Å². The maximum absolute atomic E-state index is 13.9. The van der Waals surface area contributed by atoms with Crippen LogP contribution in [0.25, 0.3) is 0 Å². The van der Waals surface area contributed by atoms with Gasteiger partial charge in [0.2, 0.25) is 5.91 Å². The summed E-state index contributed by atoms with van der Waals surface area (Å²) in [7, 11) is 1.70. The number of hydrogen-bond donors (Lipinski definition) is 1. The smallest absolute Gasteiger partial charge is 0.408 e. The predicted octanol–water partition coefficient (Wildman–Crippen LogP) is 4.65. The number of carbonyl (C=O) groups excluding carboxylic acids is 2. The van der Waals surface area contributed by atoms with E-state index in [1.165, 1.54) is 5.56 Å². The highest BCUT2D eigenvalue weighted by Crippen LogP contribution is 2.24. The zero-order valence-corrected chi connectivity index (χ0v) is 25.3. The minimum atomic E-state index is -0.590. The number of piperazine rings is 1. The third-order valence-corrected chi connectivity index (χ3v) is 9.16. The fraction of sp³-hybridized carbons (Fsp3) is 0.455. The zero-order chi connectivity index (χ0) is 29.1. The second-order valence-corrected chi connectivity index (χ2v) is 11.9. The van der Waals surface area contributed by atoms with Crippen LogP contribution in [0.2, 0.25) is 0 Å². The average Bonchev–Trinajstić information content (AvgIpc) is 3.57. The van der Waals surface area contributed by atoms with Gasteiger partial charge in [-0.25, -0.2) is 4.79 Å². The molecule has 2 fully saturated rings. The van der Waals surface area contributed by atoms with Gasteiger partial charge in [0.05, 0.1) is 7.11 Å². The highest BCUT2D eigenvalue weighted by Gasteiger charge is 2.36. The first-order chi connectivity index (χ1) is 20.6. The molecule has 2 saturated heterocycles. The van der Waals surface area contributed by atoms with Crippen molar-refractivity contribution in [1.29, 1.82) is 0 Å². The summed E-state index contributed by atoms with van der Waals surface area (Å²) in [5.41, 5.74) is 3.44. The van der Waals surface area contributed by atoms with Gasteiger partial charge >= 0.3 is 6.09 Å². The van der Waals surface area contributed by atoms with E-state index in [9.17, 15) is 9.59 Å². The largest absolute Gasteiger partial charge is 0.496 e. The Morgan fingerprint density at radius 1 is 0.905 bits per heavy atom. The Morgan fingerprint density at radius 2 is 1.64 bits per heavy atom. The third-order valence-electron chi connectivity index (χ3n) is 8.42. The molecule has 5 rings (SSSR count). The summed E-state index contributed by atoms with van der Waals surface area (Å²) in [6.07, 6.45) is 2.24. The molecule has 2 amide bonds. The molecule has 0 unspecified atom stereocenters. The molecule has 2 aliphatic heterocycles. The Labute approximate surface area is 253 Å². The first kappa shape index (κ1) is 30.1. The summed E-state index contributed by atoms with van der Waals surface area (Å²) < 4.78 is 11.1. The van der Waals surface area contributed by atoms with E-state index in [-0.39, 0.29) is 18.4 Å². The number of hydrogen-bond acceptors (Lipinski definition) is 7. The van der Waals surface area contributed by atoms with E-state index < -0.39 is 12.1 Å². The molecule has 1 atom stereocenters. The molecule has 1 aromatic heterocycles. The Bertz CT molecular complexity index is 1260. The molecule has 3 heterocycles. The van der Waals surface area contributed by atoms with Gasteiger partial charge in [0, 0.05) is 44.8 Å². The van der Waals surface area contributed by atoms with Crippen LogP contribution in [-0.2, 0) is 29.1 Å². The van der Waals surface area contributed by atoms with Gasteiger partial charge in [-0.3, -0.25) is 9.69 Å². The van der Waals surface area contributed by atoms with Crippen LogP contribution in [0.4, 0.5) is 4.79 Å². The maximum Gasteiger partial charge on any atom is 0.408 e. The van der Waals surface area contributed by atoms with Gasteiger partial charge in [0.25, 0.3) is 0 Å². The lowest BCUT2D eigenvalue weighted by Crippen LogP contribution is -2.58. The number of thiophene rings is 1. The number of alkyl carbamates (subject to hydrolysis) is 1. The van der Waals surface area contributed by atoms with Crippen molar-refractivity contribution in [3.8, 4) is 5.75 Å². The molecule has 0 aliphatic carbocycles. The number of ether oxygens (including phenoxy) is 2. The number of piperidine rings is 1. The predicted molar refractivity (Wildman–Crippen MR) is 166 cm³/mol. The van der Waals surface area contributed by atoms with E-state index in [0.29, 0.717) is 13.1 Å². The number of para-hydroxylation sites is 1. The Balaban J connectivity index is 1.18. The van der Waals surface area contributed by atoms with Crippen LogP contribution < -0.4 is 10.1 Å². The molecule has 0 spiro atoms. The molecule has 2 aromatic carbocycles. The molecule has 3 aromatic rings. The molecule has 0 saturated carbocycles. The fourth-order valence-electron chi connectivity index (χ4n) is 5.90. The Kier molecular flexibility index (Phi) is 10.9. The highest BCUT2D eigenvalue weighted by molar-refractivity contribution is 7.07. The van der Waals surface area contributed by atoms with Gasteiger partial charge in [-0.1, -0.05) is 48.5 Å². The summed E-state index contributed by atoms with van der Waals surface area (Å²) in [5.74, 6) is 0.960. The van der Waals surface area contributed by atoms with Crippen molar-refractivity contribution >= 4 is 23.3 Å². The van der Waals surface area contributed by atoms with Crippen molar-refractivity contribution in [2.75, 3.05) is 52.9 Å².